The molecular weight excluding hydrogens is 980 g/mol. The number of phenolic OH excluding ortho intramolecular Hbond substituents is 1. The maximum absolute atomic E-state index is 15.1. The number of carbonyl (C=O) groups is 2. The second-order valence-electron chi connectivity index (χ2n) is 14.4. The van der Waals surface area contributed by atoms with E-state index in [-0.39, 0.29) is 54.3 Å². The Kier molecular flexibility index (Phi) is 23.4. The second-order valence-corrected chi connectivity index (χ2v) is 16.4. The molecule has 0 saturated carbocycles. The molecule has 4 aromatic heterocycles. The summed E-state index contributed by atoms with van der Waals surface area (Å²) < 4.78 is 76.7. The zero-order valence-corrected chi connectivity index (χ0v) is 41.8. The van der Waals surface area contributed by atoms with Crippen LogP contribution in [0.3, 0.4) is 0 Å². The molecule has 2 amide bonds. The molecule has 0 spiro atoms. The number of rotatable bonds is 12. The minimum absolute atomic E-state index is 0. The Morgan fingerprint density at radius 3 is 1.50 bits per heavy atom. The Morgan fingerprint density at radius 2 is 1.13 bits per heavy atom. The van der Waals surface area contributed by atoms with Crippen molar-refractivity contribution >= 4 is 118 Å². The van der Waals surface area contributed by atoms with Gasteiger partial charge in [0, 0.05) is 11.1 Å². The average molecular weight is 1030 g/mol. The summed E-state index contributed by atoms with van der Waals surface area (Å²) in [7, 11) is -2.90. The predicted octanol–water partition coefficient (Wildman–Crippen LogP) is 7.92. The van der Waals surface area contributed by atoms with E-state index in [2.05, 4.69) is 52.8 Å². The van der Waals surface area contributed by atoms with Gasteiger partial charge in [0.15, 0.2) is 64.9 Å². The molecule has 6 N–H and O–H groups in total. The molecule has 2 aliphatic heterocycles. The third-order valence-electron chi connectivity index (χ3n) is 10.3. The van der Waals surface area contributed by atoms with Crippen LogP contribution < -0.4 is 16.8 Å². The minimum atomic E-state index is -2.29. The molecule has 2 fully saturated rings. The van der Waals surface area contributed by atoms with Gasteiger partial charge in [-0.1, -0.05) is 68.4 Å². The molecule has 70 heavy (non-hydrogen) atoms. The van der Waals surface area contributed by atoms with E-state index in [0.717, 1.165) is 0 Å². The van der Waals surface area contributed by atoms with E-state index >= 15 is 4.39 Å². The molecule has 0 bridgehead atoms. The van der Waals surface area contributed by atoms with Crippen molar-refractivity contribution in [2.45, 2.75) is 75.9 Å². The van der Waals surface area contributed by atoms with Gasteiger partial charge >= 0.3 is 46.7 Å². The molecule has 2 aliphatic rings. The number of anilines is 2. The number of hydrogen-bond acceptors (Lipinski definition) is 16. The summed E-state index contributed by atoms with van der Waals surface area (Å²) in [5.74, 6) is 0.00744. The third-order valence-corrected chi connectivity index (χ3v) is 11.3. The van der Waals surface area contributed by atoms with Crippen LogP contribution in [0.2, 0.25) is 0 Å². The first-order valence-electron chi connectivity index (χ1n) is 21.2. The van der Waals surface area contributed by atoms with E-state index in [1.54, 1.807) is 78.9 Å². The average Bonchev–Trinajstić information content (AvgIpc) is 4.15. The number of thiol groups is 1. The molecule has 9 atom stereocenters. The zero-order valence-electron chi connectivity index (χ0n) is 38.1. The number of hydrogen-bond donors (Lipinski definition) is 5. The standard InChI is InChI=1S/C18H17FN5O4PS.C18H17FN5O4P.C6H6O.2Li.H3N.H2S/c1-2-11-14(28-29(26)30)12(19)18(27-11)24-9-22-13-15(20-8-21-16(13)24)23-17(25)10-6-4-3-5-7-10;1-2-11-14(28-29-26)12(19)18(27-11)24-9-22-13-15(20-8-21-16(13)24)23-17(25)10-6-4-3-5-7-10;7-6-4-2-1-3-5-6;;;;/h3-9,11-12,14,18H,2H2,1H3,(H-,20,21,23,25,26,30);3-9,11-12,14,18H,2H2,1H3,(H,20,21,23,25);1-5,7H;;;1H3;1H2/p+1/t2*11-,12+,14-,18-;;;;;/m11...../s1. The van der Waals surface area contributed by atoms with Gasteiger partial charge in [0.1, 0.15) is 36.8 Å². The van der Waals surface area contributed by atoms with Gasteiger partial charge in [-0.3, -0.25) is 23.2 Å². The van der Waals surface area contributed by atoms with Crippen LogP contribution >= 0.6 is 41.7 Å². The van der Waals surface area contributed by atoms with Crippen molar-refractivity contribution in [2.24, 2.45) is 0 Å². The number of imidazole rings is 2. The third kappa shape index (κ3) is 14.0. The number of nitrogens with zero attached hydrogens (tertiary/aromatic N) is 8. The molecule has 20 nitrogen and oxygen atoms in total. The summed E-state index contributed by atoms with van der Waals surface area (Å²) in [6.07, 6.45) is -2.31. The summed E-state index contributed by atoms with van der Waals surface area (Å²) in [6, 6.07) is 26.0. The van der Waals surface area contributed by atoms with Crippen LogP contribution in [0.5, 0.6) is 5.75 Å². The van der Waals surface area contributed by atoms with Gasteiger partial charge in [-0.2, -0.15) is 13.5 Å². The van der Waals surface area contributed by atoms with Crippen molar-refractivity contribution < 1.29 is 51.1 Å². The van der Waals surface area contributed by atoms with E-state index in [1.807, 2.05) is 56.8 Å². The fourth-order valence-corrected chi connectivity index (χ4v) is 8.26. The van der Waals surface area contributed by atoms with Crippen molar-refractivity contribution in [3.63, 3.8) is 0 Å². The van der Waals surface area contributed by atoms with Crippen molar-refractivity contribution in [1.29, 1.82) is 0 Å². The molecule has 360 valence electrons. The molecule has 1 unspecified atom stereocenters. The summed E-state index contributed by atoms with van der Waals surface area (Å²) in [5, 5.41) is 14.0. The van der Waals surface area contributed by atoms with Gasteiger partial charge < -0.3 is 31.4 Å². The number of aromatic hydroxyl groups is 1. The van der Waals surface area contributed by atoms with Crippen LogP contribution in [-0.4, -0.2) is 124 Å². The number of para-hydroxylation sites is 1. The Bertz CT molecular complexity index is 2790. The van der Waals surface area contributed by atoms with E-state index in [0.29, 0.717) is 40.9 Å². The van der Waals surface area contributed by atoms with Crippen LogP contribution in [0.25, 0.3) is 22.3 Å². The summed E-state index contributed by atoms with van der Waals surface area (Å²) >= 11 is 7.72. The molecule has 9 rings (SSSR count). The topological polar surface area (TPSA) is 272 Å². The summed E-state index contributed by atoms with van der Waals surface area (Å²) in [6.45, 7) is 3.64. The Morgan fingerprint density at radius 1 is 0.729 bits per heavy atom. The Balaban J connectivity index is 0.000000253. The van der Waals surface area contributed by atoms with Crippen molar-refractivity contribution in [2.75, 3.05) is 10.6 Å². The quantitative estimate of drug-likeness (QED) is 0.0442. The molecule has 3 aromatic carbocycles. The fraction of sp³-hybridized carbons (Fsp3) is 0.286. The number of alkyl halides is 2. The maximum atomic E-state index is 15.1. The van der Waals surface area contributed by atoms with Gasteiger partial charge in [0.05, 0.1) is 24.9 Å². The van der Waals surface area contributed by atoms with Gasteiger partial charge in [-0.25, -0.2) is 43.2 Å². The predicted molar refractivity (Wildman–Crippen MR) is 267 cm³/mol. The van der Waals surface area contributed by atoms with Crippen LogP contribution in [0.1, 0.15) is 59.9 Å². The Hall–Kier alpha value is -4.75. The van der Waals surface area contributed by atoms with Crippen LogP contribution in [0.4, 0.5) is 20.4 Å². The van der Waals surface area contributed by atoms with Crippen LogP contribution in [-0.2, 0) is 27.7 Å². The van der Waals surface area contributed by atoms with Gasteiger partial charge in [0.2, 0.25) is 0 Å². The Labute approximate surface area is 431 Å². The number of ether oxygens (including phenoxy) is 2. The number of aromatic nitrogens is 8. The first-order chi connectivity index (χ1) is 33.0. The van der Waals surface area contributed by atoms with E-state index < -0.39 is 65.1 Å². The molecule has 0 radical (unpaired) electrons. The zero-order chi connectivity index (χ0) is 48.7. The van der Waals surface area contributed by atoms with E-state index in [4.69, 9.17) is 23.6 Å². The van der Waals surface area contributed by atoms with Crippen molar-refractivity contribution in [3.8, 4) is 5.75 Å². The van der Waals surface area contributed by atoms with Crippen molar-refractivity contribution in [1.82, 2.24) is 45.2 Å². The summed E-state index contributed by atoms with van der Waals surface area (Å²) in [4.78, 5) is 49.9. The van der Waals surface area contributed by atoms with Crippen molar-refractivity contribution in [3.05, 3.63) is 127 Å². The molecule has 7 aromatic rings. The molecule has 6 heterocycles. The monoisotopic (exact) mass is 1030 g/mol. The number of amides is 2. The van der Waals surface area contributed by atoms with Gasteiger partial charge in [-0.15, -0.1) is 4.52 Å². The van der Waals surface area contributed by atoms with Crippen LogP contribution in [0.15, 0.2) is 116 Å². The number of phenols is 1. The van der Waals surface area contributed by atoms with Gasteiger partial charge in [-0.05, 0) is 53.8 Å². The second kappa shape index (κ2) is 28.3. The number of benzene rings is 3. The van der Waals surface area contributed by atoms with E-state index in [9.17, 15) is 23.1 Å². The van der Waals surface area contributed by atoms with Crippen LogP contribution in [0, 0.1) is 0 Å². The number of halogens is 2. The number of fused-ring (bicyclic) bond motifs is 2. The first kappa shape index (κ1) is 57.8. The first-order valence-corrected chi connectivity index (χ1v) is 24.3. The molecular formula is C42H46F2Li2N11O9P2S2+. The van der Waals surface area contributed by atoms with Gasteiger partial charge in [0.25, 0.3) is 11.8 Å². The number of nitrogens with one attached hydrogen (secondary N) is 2. The van der Waals surface area contributed by atoms with E-state index in [1.165, 1.54) is 34.4 Å². The summed E-state index contributed by atoms with van der Waals surface area (Å²) in [5.41, 5.74) is 2.09. The molecule has 0 aliphatic carbocycles. The fourth-order valence-electron chi connectivity index (χ4n) is 7.12. The molecule has 28 heteroatoms. The number of carbonyl (C=O) groups excluding carboxylic acids is 2. The normalized spacial score (nSPS) is 21.4. The SMILES string of the molecule is CC[C@H]1O[C@@H](n2cnc3c(NC(=O)c4ccccc4)ncnc32)[C@@H](F)[C@@H]1OP=O.CC[C@H]1O[C@@H](n2cnc3c(NC(=O)c4ccccc4)ncnc32)[C@@H](F)[C@@H]1O[P+](=O)S.N.Oc1ccccc1.S.[Li][Li]. The molecule has 2 saturated heterocycles.